The molecule has 0 aliphatic heterocycles. The minimum atomic E-state index is -0.0145. The van der Waals surface area contributed by atoms with Gasteiger partial charge >= 0.3 is 0 Å². The monoisotopic (exact) mass is 204 g/mol. The highest BCUT2D eigenvalue weighted by atomic mass is 15.1. The number of aliphatic imine (C=N–C) groups is 1. The Morgan fingerprint density at radius 1 is 1.13 bits per heavy atom. The van der Waals surface area contributed by atoms with Crippen molar-refractivity contribution in [2.24, 2.45) is 4.99 Å². The summed E-state index contributed by atoms with van der Waals surface area (Å²) in [5.74, 6) is 0. The van der Waals surface area contributed by atoms with Gasteiger partial charge in [0.2, 0.25) is 0 Å². The smallest absolute Gasteiger partial charge is 0.0524 e. The Balaban J connectivity index is 2.99. The van der Waals surface area contributed by atoms with Crippen LogP contribution in [0.5, 0.6) is 0 Å². The summed E-state index contributed by atoms with van der Waals surface area (Å²) in [5.41, 5.74) is 2.35. The van der Waals surface area contributed by atoms with Gasteiger partial charge in [-0.05, 0) is 26.8 Å². The minimum Gasteiger partial charge on any atom is -0.377 e. The van der Waals surface area contributed by atoms with Gasteiger partial charge in [0.05, 0.1) is 5.54 Å². The Hall–Kier alpha value is -1.31. The van der Waals surface area contributed by atoms with Crippen LogP contribution in [0.1, 0.15) is 26.3 Å². The Labute approximate surface area is 92.6 Å². The summed E-state index contributed by atoms with van der Waals surface area (Å²) < 4.78 is 0. The molecular formula is C13H20N2. The fourth-order valence-electron chi connectivity index (χ4n) is 1.27. The minimum absolute atomic E-state index is 0.0145. The van der Waals surface area contributed by atoms with Crippen molar-refractivity contribution in [3.63, 3.8) is 0 Å². The van der Waals surface area contributed by atoms with Crippen LogP contribution >= 0.6 is 0 Å². The summed E-state index contributed by atoms with van der Waals surface area (Å²) in [6.45, 7) is 6.30. The summed E-state index contributed by atoms with van der Waals surface area (Å²) in [5, 5.41) is 0. The normalized spacial score (nSPS) is 12.1. The molecule has 1 rings (SSSR count). The highest BCUT2D eigenvalue weighted by molar-refractivity contribution is 5.88. The fraction of sp³-hybridized carbons (Fsp3) is 0.462. The van der Waals surface area contributed by atoms with E-state index in [0.29, 0.717) is 0 Å². The lowest BCUT2D eigenvalue weighted by molar-refractivity contribution is 0.586. The Bertz CT molecular complexity index is 346. The standard InChI is InChI=1S/C13H20N2/c1-13(2,3)14-10-11-8-6-7-9-12(11)15(4)5/h6-10H,1-5H3. The molecule has 1 aromatic carbocycles. The molecule has 2 nitrogen and oxygen atoms in total. The van der Waals surface area contributed by atoms with Crippen LogP contribution in [0, 0.1) is 0 Å². The van der Waals surface area contributed by atoms with Crippen molar-refractivity contribution in [3.05, 3.63) is 29.8 Å². The average Bonchev–Trinajstić information content (AvgIpc) is 2.14. The predicted octanol–water partition coefficient (Wildman–Crippen LogP) is 2.97. The Morgan fingerprint density at radius 2 is 1.73 bits per heavy atom. The van der Waals surface area contributed by atoms with E-state index in [0.717, 1.165) is 5.56 Å². The van der Waals surface area contributed by atoms with Crippen LogP contribution in [0.2, 0.25) is 0 Å². The lowest BCUT2D eigenvalue weighted by Gasteiger charge is -2.16. The van der Waals surface area contributed by atoms with E-state index < -0.39 is 0 Å². The third-order valence-electron chi connectivity index (χ3n) is 2.01. The van der Waals surface area contributed by atoms with E-state index in [9.17, 15) is 0 Å². The van der Waals surface area contributed by atoms with Crippen LogP contribution in [-0.2, 0) is 0 Å². The first kappa shape index (κ1) is 11.8. The summed E-state index contributed by atoms with van der Waals surface area (Å²) in [4.78, 5) is 6.62. The van der Waals surface area contributed by atoms with Crippen LogP contribution in [0.25, 0.3) is 0 Å². The van der Waals surface area contributed by atoms with Crippen LogP contribution in [-0.4, -0.2) is 25.8 Å². The number of hydrogen-bond donors (Lipinski definition) is 0. The number of benzene rings is 1. The second-order valence-electron chi connectivity index (χ2n) is 4.88. The van der Waals surface area contributed by atoms with E-state index in [2.05, 4.69) is 42.8 Å². The topological polar surface area (TPSA) is 15.6 Å². The van der Waals surface area contributed by atoms with Gasteiger partial charge in [0.1, 0.15) is 0 Å². The van der Waals surface area contributed by atoms with Gasteiger partial charge < -0.3 is 4.90 Å². The van der Waals surface area contributed by atoms with Crippen LogP contribution in [0.15, 0.2) is 29.3 Å². The third-order valence-corrected chi connectivity index (χ3v) is 2.01. The molecular weight excluding hydrogens is 184 g/mol. The molecule has 0 aromatic heterocycles. The lowest BCUT2D eigenvalue weighted by atomic mass is 10.1. The van der Waals surface area contributed by atoms with Gasteiger partial charge in [0.25, 0.3) is 0 Å². The van der Waals surface area contributed by atoms with Gasteiger partial charge in [-0.1, -0.05) is 18.2 Å². The van der Waals surface area contributed by atoms with E-state index in [1.54, 1.807) is 0 Å². The first-order chi connectivity index (χ1) is 6.90. The van der Waals surface area contributed by atoms with E-state index in [4.69, 9.17) is 0 Å². The molecule has 82 valence electrons. The molecule has 0 unspecified atom stereocenters. The highest BCUT2D eigenvalue weighted by Crippen LogP contribution is 2.17. The summed E-state index contributed by atoms with van der Waals surface area (Å²) in [7, 11) is 4.09. The molecule has 0 radical (unpaired) electrons. The molecule has 0 amide bonds. The zero-order valence-electron chi connectivity index (χ0n) is 10.3. The van der Waals surface area contributed by atoms with Crippen molar-refractivity contribution in [3.8, 4) is 0 Å². The van der Waals surface area contributed by atoms with E-state index >= 15 is 0 Å². The van der Waals surface area contributed by atoms with Crippen molar-refractivity contribution in [2.75, 3.05) is 19.0 Å². The zero-order chi connectivity index (χ0) is 11.5. The number of rotatable bonds is 2. The summed E-state index contributed by atoms with van der Waals surface area (Å²) in [6, 6.07) is 8.27. The molecule has 0 aliphatic rings. The molecule has 0 spiro atoms. The molecule has 0 bridgehead atoms. The van der Waals surface area contributed by atoms with Gasteiger partial charge in [-0.2, -0.15) is 0 Å². The maximum atomic E-state index is 4.52. The van der Waals surface area contributed by atoms with Crippen LogP contribution in [0.3, 0.4) is 0 Å². The maximum absolute atomic E-state index is 4.52. The SMILES string of the molecule is CN(C)c1ccccc1C=NC(C)(C)C. The van der Waals surface area contributed by atoms with Crippen molar-refractivity contribution in [2.45, 2.75) is 26.3 Å². The zero-order valence-corrected chi connectivity index (χ0v) is 10.3. The van der Waals surface area contributed by atoms with Crippen LogP contribution < -0.4 is 4.90 Å². The second kappa shape index (κ2) is 4.47. The molecule has 1 aromatic rings. The number of para-hydroxylation sites is 1. The molecule has 0 saturated heterocycles. The van der Waals surface area contributed by atoms with Crippen molar-refractivity contribution in [1.29, 1.82) is 0 Å². The molecule has 0 N–H and O–H groups in total. The maximum Gasteiger partial charge on any atom is 0.0524 e. The molecule has 0 fully saturated rings. The summed E-state index contributed by atoms with van der Waals surface area (Å²) >= 11 is 0. The van der Waals surface area contributed by atoms with E-state index in [1.807, 2.05) is 32.4 Å². The average molecular weight is 204 g/mol. The van der Waals surface area contributed by atoms with Crippen molar-refractivity contribution < 1.29 is 0 Å². The number of nitrogens with zero attached hydrogens (tertiary/aromatic N) is 2. The molecule has 15 heavy (non-hydrogen) atoms. The fourth-order valence-corrected chi connectivity index (χ4v) is 1.27. The first-order valence-electron chi connectivity index (χ1n) is 5.22. The molecule has 2 heteroatoms. The van der Waals surface area contributed by atoms with Crippen molar-refractivity contribution >= 4 is 11.9 Å². The first-order valence-corrected chi connectivity index (χ1v) is 5.22. The number of hydrogen-bond acceptors (Lipinski definition) is 2. The molecule has 0 saturated carbocycles. The van der Waals surface area contributed by atoms with E-state index in [-0.39, 0.29) is 5.54 Å². The number of anilines is 1. The van der Waals surface area contributed by atoms with Crippen LogP contribution in [0.4, 0.5) is 5.69 Å². The molecule has 0 aliphatic carbocycles. The molecule has 0 heterocycles. The Morgan fingerprint density at radius 3 is 2.27 bits per heavy atom. The van der Waals surface area contributed by atoms with Crippen molar-refractivity contribution in [1.82, 2.24) is 0 Å². The van der Waals surface area contributed by atoms with Gasteiger partial charge in [0.15, 0.2) is 0 Å². The van der Waals surface area contributed by atoms with Gasteiger partial charge in [-0.15, -0.1) is 0 Å². The largest absolute Gasteiger partial charge is 0.377 e. The van der Waals surface area contributed by atoms with Gasteiger partial charge in [-0.3, -0.25) is 4.99 Å². The van der Waals surface area contributed by atoms with Gasteiger partial charge in [0, 0.05) is 31.6 Å². The quantitative estimate of drug-likeness (QED) is 0.676. The Kier molecular flexibility index (Phi) is 3.51. The second-order valence-corrected chi connectivity index (χ2v) is 4.88. The predicted molar refractivity (Wildman–Crippen MR) is 68.1 cm³/mol. The summed E-state index contributed by atoms with van der Waals surface area (Å²) in [6.07, 6.45) is 1.95. The highest BCUT2D eigenvalue weighted by Gasteiger charge is 2.06. The lowest BCUT2D eigenvalue weighted by Crippen LogP contribution is -2.13. The molecule has 0 atom stereocenters. The van der Waals surface area contributed by atoms with E-state index in [1.165, 1.54) is 5.69 Å². The van der Waals surface area contributed by atoms with Gasteiger partial charge in [-0.25, -0.2) is 0 Å². The third kappa shape index (κ3) is 3.74.